The first kappa shape index (κ1) is 17.7. The van der Waals surface area contributed by atoms with Crippen molar-refractivity contribution >= 4 is 24.3 Å². The number of hydrogen-bond acceptors (Lipinski definition) is 6. The third-order valence-electron chi connectivity index (χ3n) is 3.59. The zero-order chi connectivity index (χ0) is 16.4. The fraction of sp³-hybridized carbons (Fsp3) is 0.250. The van der Waals surface area contributed by atoms with Gasteiger partial charge in [0.15, 0.2) is 17.2 Å². The molecule has 2 heterocycles. The van der Waals surface area contributed by atoms with Gasteiger partial charge in [0.1, 0.15) is 12.5 Å². The van der Waals surface area contributed by atoms with E-state index in [2.05, 4.69) is 4.99 Å². The molecule has 1 aromatic heterocycles. The molecule has 0 fully saturated rings. The Morgan fingerprint density at radius 2 is 1.83 bits per heavy atom. The fourth-order valence-electron chi connectivity index (χ4n) is 2.58. The van der Waals surface area contributed by atoms with Crippen LogP contribution in [0, 0.1) is 0 Å². The second kappa shape index (κ2) is 7.27. The summed E-state index contributed by atoms with van der Waals surface area (Å²) in [4.78, 5) is 15.3. The fourth-order valence-corrected chi connectivity index (χ4v) is 2.58. The van der Waals surface area contributed by atoms with Crippen LogP contribution in [-0.4, -0.2) is 37.7 Å². The molecule has 1 aromatic carbocycles. The van der Waals surface area contributed by atoms with Crippen molar-refractivity contribution in [2.75, 3.05) is 20.8 Å². The molecule has 24 heavy (non-hydrogen) atoms. The first-order chi connectivity index (χ1) is 11.1. The number of nitrogens with zero attached hydrogens (tertiary/aromatic N) is 1. The van der Waals surface area contributed by atoms with E-state index in [0.717, 1.165) is 17.5 Å². The van der Waals surface area contributed by atoms with E-state index in [1.807, 2.05) is 12.1 Å². The van der Waals surface area contributed by atoms with Gasteiger partial charge in [-0.2, -0.15) is 0 Å². The molecule has 7 nitrogen and oxygen atoms in total. The molecule has 0 spiro atoms. The van der Waals surface area contributed by atoms with E-state index >= 15 is 0 Å². The molecular weight excluding hydrogens is 338 g/mol. The Hall–Kier alpha value is -2.67. The van der Waals surface area contributed by atoms with Crippen molar-refractivity contribution in [3.63, 3.8) is 0 Å². The minimum Gasteiger partial charge on any atom is -0.493 e. The van der Waals surface area contributed by atoms with Crippen molar-refractivity contribution in [1.82, 2.24) is 0 Å². The highest BCUT2D eigenvalue weighted by Crippen LogP contribution is 2.35. The van der Waals surface area contributed by atoms with Gasteiger partial charge in [-0.1, -0.05) is 0 Å². The molecule has 3 rings (SSSR count). The number of halogens is 1. The highest BCUT2D eigenvalue weighted by molar-refractivity contribution is 6.16. The third kappa shape index (κ3) is 3.16. The van der Waals surface area contributed by atoms with Crippen LogP contribution in [0.4, 0.5) is 4.79 Å². The largest absolute Gasteiger partial charge is 0.511 e. The third-order valence-corrected chi connectivity index (χ3v) is 3.59. The summed E-state index contributed by atoms with van der Waals surface area (Å²) in [5, 5.41) is 8.81. The smallest absolute Gasteiger partial charge is 0.493 e. The molecule has 1 N–H and O–H groups in total. The molecule has 1 aliphatic rings. The Kier molecular flexibility index (Phi) is 5.35. The number of benzene rings is 1. The Morgan fingerprint density at radius 3 is 2.50 bits per heavy atom. The van der Waals surface area contributed by atoms with E-state index in [9.17, 15) is 4.79 Å². The summed E-state index contributed by atoms with van der Waals surface area (Å²) < 4.78 is 20.5. The van der Waals surface area contributed by atoms with Crippen LogP contribution in [-0.2, 0) is 6.42 Å². The maximum Gasteiger partial charge on any atom is 0.511 e. The van der Waals surface area contributed by atoms with E-state index < -0.39 is 6.16 Å². The van der Waals surface area contributed by atoms with Gasteiger partial charge < -0.3 is 23.7 Å². The molecule has 0 bridgehead atoms. The van der Waals surface area contributed by atoms with Gasteiger partial charge in [0.25, 0.3) is 0 Å². The lowest BCUT2D eigenvalue weighted by Gasteiger charge is -2.19. The van der Waals surface area contributed by atoms with Crippen LogP contribution in [0.15, 0.2) is 34.1 Å². The molecule has 0 amide bonds. The number of carboxylic acid groups (broad SMARTS) is 1. The van der Waals surface area contributed by atoms with Crippen LogP contribution >= 0.6 is 12.4 Å². The number of fused-ring (bicyclic) bond motifs is 1. The molecule has 8 heteroatoms. The summed E-state index contributed by atoms with van der Waals surface area (Å²) in [6, 6.07) is 3.73. The Balaban J connectivity index is 0.00000208. The van der Waals surface area contributed by atoms with E-state index in [1.165, 1.54) is 12.5 Å². The summed E-state index contributed by atoms with van der Waals surface area (Å²) in [7, 11) is 3.14. The first-order valence-corrected chi connectivity index (χ1v) is 6.91. The van der Waals surface area contributed by atoms with E-state index in [0.29, 0.717) is 29.3 Å². The molecule has 128 valence electrons. The average molecular weight is 354 g/mol. The van der Waals surface area contributed by atoms with Gasteiger partial charge >= 0.3 is 6.16 Å². The Labute approximate surface area is 144 Å². The maximum atomic E-state index is 10.8. The number of aliphatic imine (C=N–C) groups is 1. The van der Waals surface area contributed by atoms with E-state index in [4.69, 9.17) is 23.7 Å². The van der Waals surface area contributed by atoms with Gasteiger partial charge in [0, 0.05) is 12.1 Å². The zero-order valence-corrected chi connectivity index (χ0v) is 13.9. The second-order valence-electron chi connectivity index (χ2n) is 4.86. The summed E-state index contributed by atoms with van der Waals surface area (Å²) in [6.45, 7) is 0.579. The normalized spacial score (nSPS) is 12.5. The molecular formula is C16H16ClNO6. The van der Waals surface area contributed by atoms with Crippen molar-refractivity contribution in [3.8, 4) is 17.2 Å². The highest BCUT2D eigenvalue weighted by Gasteiger charge is 2.24. The minimum atomic E-state index is -1.41. The molecule has 1 aliphatic heterocycles. The summed E-state index contributed by atoms with van der Waals surface area (Å²) in [5.74, 6) is 1.32. The van der Waals surface area contributed by atoms with Gasteiger partial charge in [0.05, 0.1) is 25.5 Å². The molecule has 0 radical (unpaired) electrons. The van der Waals surface area contributed by atoms with Crippen molar-refractivity contribution < 1.29 is 28.5 Å². The topological polar surface area (TPSA) is 90.5 Å². The Bertz CT molecular complexity index is 783. The monoisotopic (exact) mass is 353 g/mol. The van der Waals surface area contributed by atoms with Crippen LogP contribution in [0.3, 0.4) is 0 Å². The zero-order valence-electron chi connectivity index (χ0n) is 13.1. The lowest BCUT2D eigenvalue weighted by atomic mass is 9.93. The lowest BCUT2D eigenvalue weighted by Crippen LogP contribution is -2.16. The van der Waals surface area contributed by atoms with Crippen LogP contribution in [0.1, 0.15) is 16.7 Å². The standard InChI is InChI=1S/C16H15NO6.ClH/c1-20-12-5-9-3-4-17-15(10(9)6-13(12)21-2)11-7-22-8-14(11)23-16(18)19;/h5-8H,3-4H2,1-2H3,(H,18,19);1H. The number of hydrogen-bond donors (Lipinski definition) is 1. The average Bonchev–Trinajstić information content (AvgIpc) is 2.99. The number of carbonyl (C=O) groups is 1. The van der Waals surface area contributed by atoms with Gasteiger partial charge in [-0.25, -0.2) is 4.79 Å². The van der Waals surface area contributed by atoms with Gasteiger partial charge in [0.2, 0.25) is 0 Å². The van der Waals surface area contributed by atoms with Crippen molar-refractivity contribution in [2.24, 2.45) is 4.99 Å². The molecule has 0 saturated carbocycles. The summed E-state index contributed by atoms with van der Waals surface area (Å²) in [5.41, 5.74) is 2.97. The van der Waals surface area contributed by atoms with Crippen molar-refractivity contribution in [2.45, 2.75) is 6.42 Å². The van der Waals surface area contributed by atoms with Gasteiger partial charge in [-0.15, -0.1) is 12.4 Å². The molecule has 2 aromatic rings. The van der Waals surface area contributed by atoms with Crippen LogP contribution in [0.2, 0.25) is 0 Å². The molecule has 0 unspecified atom stereocenters. The summed E-state index contributed by atoms with van der Waals surface area (Å²) >= 11 is 0. The summed E-state index contributed by atoms with van der Waals surface area (Å²) in [6.07, 6.45) is 2.01. The predicted octanol–water partition coefficient (Wildman–Crippen LogP) is 3.17. The van der Waals surface area contributed by atoms with E-state index in [-0.39, 0.29) is 18.2 Å². The number of ether oxygens (including phenoxy) is 3. The number of furan rings is 1. The molecule has 0 atom stereocenters. The molecule has 0 saturated heterocycles. The molecule has 0 aliphatic carbocycles. The predicted molar refractivity (Wildman–Crippen MR) is 88.4 cm³/mol. The SMILES string of the molecule is COc1cc2c(cc1OC)C(c1cocc1OC(=O)O)=NCC2.Cl. The minimum absolute atomic E-state index is 0. The van der Waals surface area contributed by atoms with Crippen molar-refractivity contribution in [1.29, 1.82) is 0 Å². The Morgan fingerprint density at radius 1 is 1.12 bits per heavy atom. The van der Waals surface area contributed by atoms with E-state index in [1.54, 1.807) is 14.2 Å². The van der Waals surface area contributed by atoms with Crippen LogP contribution in [0.25, 0.3) is 0 Å². The maximum absolute atomic E-state index is 10.8. The van der Waals surface area contributed by atoms with Crippen LogP contribution in [0.5, 0.6) is 17.2 Å². The van der Waals surface area contributed by atoms with Crippen LogP contribution < -0.4 is 14.2 Å². The quantitative estimate of drug-likeness (QED) is 0.849. The lowest BCUT2D eigenvalue weighted by molar-refractivity contribution is 0.144. The first-order valence-electron chi connectivity index (χ1n) is 6.91. The number of rotatable bonds is 4. The second-order valence-corrected chi connectivity index (χ2v) is 4.86. The van der Waals surface area contributed by atoms with Gasteiger partial charge in [-0.05, 0) is 24.1 Å². The highest BCUT2D eigenvalue weighted by atomic mass is 35.5. The van der Waals surface area contributed by atoms with Crippen molar-refractivity contribution in [3.05, 3.63) is 41.3 Å². The van der Waals surface area contributed by atoms with Gasteiger partial charge in [-0.3, -0.25) is 4.99 Å². The number of methoxy groups -OCH3 is 2.